The van der Waals surface area contributed by atoms with Crippen molar-refractivity contribution < 1.29 is 9.53 Å². The Morgan fingerprint density at radius 1 is 1.53 bits per heavy atom. The van der Waals surface area contributed by atoms with Crippen molar-refractivity contribution in [3.63, 3.8) is 0 Å². The Kier molecular flexibility index (Phi) is 5.50. The van der Waals surface area contributed by atoms with Crippen LogP contribution in [0.2, 0.25) is 0 Å². The minimum atomic E-state index is -0.442. The smallest absolute Gasteiger partial charge is 0.243 e. The van der Waals surface area contributed by atoms with Crippen LogP contribution >= 0.6 is 0 Å². The van der Waals surface area contributed by atoms with Crippen molar-refractivity contribution in [3.05, 3.63) is 17.5 Å². The van der Waals surface area contributed by atoms with Gasteiger partial charge in [0.05, 0.1) is 12.3 Å². The Labute approximate surface area is 114 Å². The van der Waals surface area contributed by atoms with Gasteiger partial charge in [-0.25, -0.2) is 0 Å². The summed E-state index contributed by atoms with van der Waals surface area (Å²) in [6.45, 7) is 8.29. The Bertz CT molecular complexity index is 421. The van der Waals surface area contributed by atoms with Crippen molar-refractivity contribution in [1.29, 1.82) is 0 Å². The highest BCUT2D eigenvalue weighted by Gasteiger charge is 2.21. The summed E-state index contributed by atoms with van der Waals surface area (Å²) in [6, 6.07) is 0. The van der Waals surface area contributed by atoms with E-state index in [0.29, 0.717) is 13.2 Å². The summed E-state index contributed by atoms with van der Waals surface area (Å²) in [7, 11) is 1.93. The van der Waals surface area contributed by atoms with E-state index in [1.807, 2.05) is 17.9 Å². The van der Waals surface area contributed by atoms with Crippen LogP contribution in [0.3, 0.4) is 0 Å². The second-order valence-electron chi connectivity index (χ2n) is 5.62. The van der Waals surface area contributed by atoms with Gasteiger partial charge in [-0.2, -0.15) is 5.10 Å². The second kappa shape index (κ2) is 6.68. The number of aromatic nitrogens is 2. The van der Waals surface area contributed by atoms with E-state index in [0.717, 1.165) is 12.2 Å². The summed E-state index contributed by atoms with van der Waals surface area (Å²) >= 11 is 0. The Balaban J connectivity index is 2.39. The lowest BCUT2D eigenvalue weighted by Crippen LogP contribution is -2.24. The standard InChI is InChI=1S/C13H24N4O2/c1-13(2,3)12-10(8-17(4)16-12)7-15-5-6-19-9-11(14)18/h8,15H,5-7,9H2,1-4H3,(H2,14,18). The zero-order chi connectivity index (χ0) is 14.5. The molecular weight excluding hydrogens is 244 g/mol. The number of hydrogen-bond acceptors (Lipinski definition) is 4. The number of nitrogens with one attached hydrogen (secondary N) is 1. The second-order valence-corrected chi connectivity index (χ2v) is 5.62. The van der Waals surface area contributed by atoms with Crippen molar-refractivity contribution in [2.45, 2.75) is 32.7 Å². The molecule has 1 aromatic heterocycles. The molecule has 0 saturated carbocycles. The fraction of sp³-hybridized carbons (Fsp3) is 0.692. The topological polar surface area (TPSA) is 82.2 Å². The molecule has 0 radical (unpaired) electrons. The van der Waals surface area contributed by atoms with Gasteiger partial charge in [-0.05, 0) is 0 Å². The van der Waals surface area contributed by atoms with Gasteiger partial charge in [0.25, 0.3) is 0 Å². The van der Waals surface area contributed by atoms with Crippen LogP contribution in [0.1, 0.15) is 32.0 Å². The molecule has 0 saturated heterocycles. The number of nitrogens with zero attached hydrogens (tertiary/aromatic N) is 2. The van der Waals surface area contributed by atoms with E-state index in [9.17, 15) is 4.79 Å². The molecule has 1 heterocycles. The number of nitrogens with two attached hydrogens (primary N) is 1. The number of primary amides is 1. The molecule has 0 aliphatic carbocycles. The fourth-order valence-electron chi connectivity index (χ4n) is 1.84. The summed E-state index contributed by atoms with van der Waals surface area (Å²) in [5.74, 6) is -0.442. The lowest BCUT2D eigenvalue weighted by molar-refractivity contribution is -0.122. The van der Waals surface area contributed by atoms with Crippen molar-refractivity contribution in [2.75, 3.05) is 19.8 Å². The van der Waals surface area contributed by atoms with Gasteiger partial charge < -0.3 is 15.8 Å². The zero-order valence-corrected chi connectivity index (χ0v) is 12.2. The van der Waals surface area contributed by atoms with Crippen LogP contribution in [-0.4, -0.2) is 35.4 Å². The highest BCUT2D eigenvalue weighted by atomic mass is 16.5. The average molecular weight is 268 g/mol. The maximum Gasteiger partial charge on any atom is 0.243 e. The molecule has 0 unspecified atom stereocenters. The molecule has 0 fully saturated rings. The van der Waals surface area contributed by atoms with E-state index in [-0.39, 0.29) is 12.0 Å². The molecule has 0 aromatic carbocycles. The van der Waals surface area contributed by atoms with Crippen LogP contribution in [-0.2, 0) is 28.5 Å². The molecule has 6 heteroatoms. The Hall–Kier alpha value is -1.40. The first-order valence-corrected chi connectivity index (χ1v) is 6.40. The molecule has 3 N–H and O–H groups in total. The SMILES string of the molecule is Cn1cc(CNCCOCC(N)=O)c(C(C)(C)C)n1. The molecule has 6 nitrogen and oxygen atoms in total. The van der Waals surface area contributed by atoms with Gasteiger partial charge in [0.1, 0.15) is 6.61 Å². The average Bonchev–Trinajstić information content (AvgIpc) is 2.64. The van der Waals surface area contributed by atoms with Crippen LogP contribution < -0.4 is 11.1 Å². The molecule has 19 heavy (non-hydrogen) atoms. The number of carbonyl (C=O) groups excluding carboxylic acids is 1. The number of carbonyl (C=O) groups is 1. The first-order valence-electron chi connectivity index (χ1n) is 6.40. The molecule has 0 aliphatic rings. The van der Waals surface area contributed by atoms with Gasteiger partial charge >= 0.3 is 0 Å². The number of aryl methyl sites for hydroxylation is 1. The molecule has 108 valence electrons. The van der Waals surface area contributed by atoms with E-state index < -0.39 is 5.91 Å². The van der Waals surface area contributed by atoms with Crippen molar-refractivity contribution in [1.82, 2.24) is 15.1 Å². The number of ether oxygens (including phenoxy) is 1. The van der Waals surface area contributed by atoms with Crippen LogP contribution in [0.25, 0.3) is 0 Å². The number of rotatable bonds is 7. The van der Waals surface area contributed by atoms with E-state index in [1.165, 1.54) is 5.56 Å². The van der Waals surface area contributed by atoms with E-state index in [1.54, 1.807) is 0 Å². The normalized spacial score (nSPS) is 11.8. The summed E-state index contributed by atoms with van der Waals surface area (Å²) in [5, 5.41) is 7.78. The highest BCUT2D eigenvalue weighted by Crippen LogP contribution is 2.23. The minimum absolute atomic E-state index is 0.0260. The number of amides is 1. The summed E-state index contributed by atoms with van der Waals surface area (Å²) in [4.78, 5) is 10.5. The molecule has 1 aromatic rings. The van der Waals surface area contributed by atoms with Gasteiger partial charge in [0.15, 0.2) is 0 Å². The van der Waals surface area contributed by atoms with Crippen molar-refractivity contribution >= 4 is 5.91 Å². The predicted octanol–water partition coefficient (Wildman–Crippen LogP) is 0.309. The van der Waals surface area contributed by atoms with Gasteiger partial charge in [-0.1, -0.05) is 20.8 Å². The van der Waals surface area contributed by atoms with E-state index >= 15 is 0 Å². The van der Waals surface area contributed by atoms with Crippen LogP contribution in [0.5, 0.6) is 0 Å². The monoisotopic (exact) mass is 268 g/mol. The zero-order valence-electron chi connectivity index (χ0n) is 12.2. The highest BCUT2D eigenvalue weighted by molar-refractivity contribution is 5.74. The van der Waals surface area contributed by atoms with Crippen molar-refractivity contribution in [2.24, 2.45) is 12.8 Å². The first kappa shape index (κ1) is 15.7. The number of hydrogen-bond donors (Lipinski definition) is 2. The van der Waals surface area contributed by atoms with Gasteiger partial charge in [-0.15, -0.1) is 0 Å². The van der Waals surface area contributed by atoms with Gasteiger partial charge in [0.2, 0.25) is 5.91 Å². The van der Waals surface area contributed by atoms with E-state index in [2.05, 4.69) is 31.2 Å². The molecule has 1 amide bonds. The molecule has 0 bridgehead atoms. The van der Waals surface area contributed by atoms with Crippen LogP contribution in [0, 0.1) is 0 Å². The maximum atomic E-state index is 10.5. The lowest BCUT2D eigenvalue weighted by atomic mass is 9.89. The van der Waals surface area contributed by atoms with Crippen LogP contribution in [0.4, 0.5) is 0 Å². The molecule has 0 aliphatic heterocycles. The van der Waals surface area contributed by atoms with E-state index in [4.69, 9.17) is 10.5 Å². The molecular formula is C13H24N4O2. The Morgan fingerprint density at radius 3 is 2.79 bits per heavy atom. The largest absolute Gasteiger partial charge is 0.370 e. The molecule has 1 rings (SSSR count). The fourth-order valence-corrected chi connectivity index (χ4v) is 1.84. The quantitative estimate of drug-likeness (QED) is 0.697. The first-order chi connectivity index (χ1) is 8.80. The minimum Gasteiger partial charge on any atom is -0.370 e. The van der Waals surface area contributed by atoms with Crippen LogP contribution in [0.15, 0.2) is 6.20 Å². The molecule has 0 spiro atoms. The summed E-state index contributed by atoms with van der Waals surface area (Å²) in [6.07, 6.45) is 2.03. The third kappa shape index (κ3) is 5.40. The summed E-state index contributed by atoms with van der Waals surface area (Å²) in [5.41, 5.74) is 7.28. The van der Waals surface area contributed by atoms with Gasteiger partial charge in [-0.3, -0.25) is 9.48 Å². The third-order valence-corrected chi connectivity index (χ3v) is 2.60. The third-order valence-electron chi connectivity index (χ3n) is 2.60. The molecule has 0 atom stereocenters. The summed E-state index contributed by atoms with van der Waals surface area (Å²) < 4.78 is 6.91. The maximum absolute atomic E-state index is 10.5. The lowest BCUT2D eigenvalue weighted by Gasteiger charge is -2.17. The van der Waals surface area contributed by atoms with Crippen molar-refractivity contribution in [3.8, 4) is 0 Å². The predicted molar refractivity (Wildman–Crippen MR) is 73.6 cm³/mol. The Morgan fingerprint density at radius 2 is 2.21 bits per heavy atom. The van der Waals surface area contributed by atoms with Gasteiger partial charge in [0, 0.05) is 37.3 Å².